The van der Waals surface area contributed by atoms with Crippen molar-refractivity contribution in [1.82, 2.24) is 4.90 Å². The summed E-state index contributed by atoms with van der Waals surface area (Å²) in [5, 5.41) is 0. The lowest BCUT2D eigenvalue weighted by Crippen LogP contribution is -2.53. The van der Waals surface area contributed by atoms with Crippen molar-refractivity contribution >= 4 is 29.3 Å². The van der Waals surface area contributed by atoms with Gasteiger partial charge in [0.15, 0.2) is 0 Å². The molecule has 0 aliphatic carbocycles. The summed E-state index contributed by atoms with van der Waals surface area (Å²) in [5.41, 5.74) is 0.913. The van der Waals surface area contributed by atoms with E-state index < -0.39 is 0 Å². The molecule has 2 saturated heterocycles. The number of methoxy groups -OCH3 is 1. The third-order valence-electron chi connectivity index (χ3n) is 4.65. The maximum Gasteiger partial charge on any atom is 0.238 e. The Kier molecular flexibility index (Phi) is 4.53. The van der Waals surface area contributed by atoms with E-state index in [0.29, 0.717) is 12.2 Å². The van der Waals surface area contributed by atoms with Gasteiger partial charge in [-0.1, -0.05) is 6.92 Å². The third-order valence-corrected chi connectivity index (χ3v) is 6.17. The second-order valence-electron chi connectivity index (χ2n) is 5.90. The fourth-order valence-electron chi connectivity index (χ4n) is 3.36. The quantitative estimate of drug-likeness (QED) is 0.852. The molecule has 0 unspecified atom stereocenters. The zero-order chi connectivity index (χ0) is 16.4. The second kappa shape index (κ2) is 6.43. The smallest absolute Gasteiger partial charge is 0.238 e. The fourth-order valence-corrected chi connectivity index (χ4v) is 4.69. The minimum absolute atomic E-state index is 0.149. The Balaban J connectivity index is 1.81. The van der Waals surface area contributed by atoms with Crippen molar-refractivity contribution in [1.29, 1.82) is 0 Å². The number of ether oxygens (including phenoxy) is 1. The number of hydrogen-bond acceptors (Lipinski definition) is 4. The number of rotatable bonds is 3. The topological polar surface area (TPSA) is 49.9 Å². The van der Waals surface area contributed by atoms with Crippen molar-refractivity contribution in [3.8, 4) is 5.75 Å². The zero-order valence-electron chi connectivity index (χ0n) is 13.6. The Hall–Kier alpha value is -1.69. The van der Waals surface area contributed by atoms with Gasteiger partial charge in [-0.2, -0.15) is 0 Å². The Labute approximate surface area is 141 Å². The van der Waals surface area contributed by atoms with Gasteiger partial charge in [0, 0.05) is 25.2 Å². The fraction of sp³-hybridized carbons (Fsp3) is 0.529. The minimum atomic E-state index is -0.212. The SMILES string of the molecule is CCC(=O)N1CCC2(CC1)SCC(=O)N2c1ccc(OC)cc1. The van der Waals surface area contributed by atoms with Gasteiger partial charge in [0.1, 0.15) is 5.75 Å². The lowest BCUT2D eigenvalue weighted by atomic mass is 10.0. The molecule has 1 aromatic carbocycles. The van der Waals surface area contributed by atoms with Crippen molar-refractivity contribution < 1.29 is 14.3 Å². The molecule has 0 N–H and O–H groups in total. The van der Waals surface area contributed by atoms with Gasteiger partial charge in [-0.3, -0.25) is 14.5 Å². The number of amides is 2. The number of benzene rings is 1. The molecule has 2 heterocycles. The molecule has 124 valence electrons. The minimum Gasteiger partial charge on any atom is -0.497 e. The summed E-state index contributed by atoms with van der Waals surface area (Å²) >= 11 is 1.72. The summed E-state index contributed by atoms with van der Waals surface area (Å²) in [6, 6.07) is 7.64. The highest BCUT2D eigenvalue weighted by molar-refractivity contribution is 8.02. The van der Waals surface area contributed by atoms with Crippen LogP contribution in [0.15, 0.2) is 24.3 Å². The number of thioether (sulfide) groups is 1. The summed E-state index contributed by atoms with van der Waals surface area (Å²) in [4.78, 5) is 28.0. The highest BCUT2D eigenvalue weighted by atomic mass is 32.2. The van der Waals surface area contributed by atoms with Crippen LogP contribution in [0.4, 0.5) is 5.69 Å². The Morgan fingerprint density at radius 2 is 1.91 bits per heavy atom. The van der Waals surface area contributed by atoms with Crippen LogP contribution in [0.1, 0.15) is 26.2 Å². The number of nitrogens with zero attached hydrogens (tertiary/aromatic N) is 2. The standard InChI is InChI=1S/C17H22N2O3S/c1-3-15(20)18-10-8-17(9-11-18)19(16(21)12-23-17)13-4-6-14(22-2)7-5-13/h4-7H,3,8-12H2,1-2H3. The van der Waals surface area contributed by atoms with Crippen LogP contribution < -0.4 is 9.64 Å². The highest BCUT2D eigenvalue weighted by Gasteiger charge is 2.48. The van der Waals surface area contributed by atoms with E-state index >= 15 is 0 Å². The van der Waals surface area contributed by atoms with Crippen LogP contribution in [0.3, 0.4) is 0 Å². The van der Waals surface area contributed by atoms with Crippen molar-refractivity contribution in [2.24, 2.45) is 0 Å². The first kappa shape index (κ1) is 16.2. The molecule has 1 spiro atoms. The largest absolute Gasteiger partial charge is 0.497 e. The van der Waals surface area contributed by atoms with Crippen LogP contribution in [-0.4, -0.2) is 47.5 Å². The normalized spacial score (nSPS) is 20.2. The number of carbonyl (C=O) groups excluding carboxylic acids is 2. The van der Waals surface area contributed by atoms with Gasteiger partial charge in [-0.05, 0) is 37.1 Å². The lowest BCUT2D eigenvalue weighted by Gasteiger charge is -2.44. The van der Waals surface area contributed by atoms with E-state index in [4.69, 9.17) is 4.74 Å². The van der Waals surface area contributed by atoms with E-state index in [0.717, 1.165) is 37.4 Å². The molecule has 0 aromatic heterocycles. The van der Waals surface area contributed by atoms with Crippen molar-refractivity contribution in [3.05, 3.63) is 24.3 Å². The van der Waals surface area contributed by atoms with Gasteiger partial charge < -0.3 is 9.64 Å². The maximum atomic E-state index is 12.5. The van der Waals surface area contributed by atoms with Crippen LogP contribution in [0.2, 0.25) is 0 Å². The van der Waals surface area contributed by atoms with E-state index in [1.807, 2.05) is 41.0 Å². The first-order valence-corrected chi connectivity index (χ1v) is 8.97. The van der Waals surface area contributed by atoms with Crippen LogP contribution in [0.5, 0.6) is 5.75 Å². The Bertz CT molecular complexity index is 594. The molecular formula is C17H22N2O3S. The molecule has 0 radical (unpaired) electrons. The molecule has 2 fully saturated rings. The molecule has 2 aliphatic heterocycles. The van der Waals surface area contributed by atoms with Gasteiger partial charge >= 0.3 is 0 Å². The van der Waals surface area contributed by atoms with Gasteiger partial charge in [0.05, 0.1) is 17.7 Å². The van der Waals surface area contributed by atoms with Crippen LogP contribution in [-0.2, 0) is 9.59 Å². The molecule has 3 rings (SSSR count). The van der Waals surface area contributed by atoms with E-state index in [2.05, 4.69) is 0 Å². The molecule has 6 heteroatoms. The molecule has 2 aliphatic rings. The lowest BCUT2D eigenvalue weighted by molar-refractivity contribution is -0.132. The first-order valence-electron chi connectivity index (χ1n) is 7.98. The monoisotopic (exact) mass is 334 g/mol. The molecule has 1 aromatic rings. The summed E-state index contributed by atoms with van der Waals surface area (Å²) in [7, 11) is 1.63. The molecule has 5 nitrogen and oxygen atoms in total. The number of hydrogen-bond donors (Lipinski definition) is 0. The predicted octanol–water partition coefficient (Wildman–Crippen LogP) is 2.50. The number of carbonyl (C=O) groups is 2. The van der Waals surface area contributed by atoms with Gasteiger partial charge in [-0.25, -0.2) is 0 Å². The van der Waals surface area contributed by atoms with Crippen LogP contribution in [0, 0.1) is 0 Å². The molecule has 23 heavy (non-hydrogen) atoms. The Morgan fingerprint density at radius 1 is 1.26 bits per heavy atom. The molecule has 0 atom stereocenters. The molecule has 0 saturated carbocycles. The van der Waals surface area contributed by atoms with E-state index in [1.54, 1.807) is 18.9 Å². The number of likely N-dealkylation sites (tertiary alicyclic amines) is 1. The Morgan fingerprint density at radius 3 is 2.48 bits per heavy atom. The van der Waals surface area contributed by atoms with E-state index in [9.17, 15) is 9.59 Å². The zero-order valence-corrected chi connectivity index (χ0v) is 14.4. The third kappa shape index (κ3) is 2.92. The summed E-state index contributed by atoms with van der Waals surface area (Å²) < 4.78 is 5.20. The predicted molar refractivity (Wildman–Crippen MR) is 91.8 cm³/mol. The average Bonchev–Trinajstić information content (AvgIpc) is 2.91. The average molecular weight is 334 g/mol. The molecule has 0 bridgehead atoms. The van der Waals surface area contributed by atoms with Crippen LogP contribution >= 0.6 is 11.8 Å². The van der Waals surface area contributed by atoms with Crippen LogP contribution in [0.25, 0.3) is 0 Å². The summed E-state index contributed by atoms with van der Waals surface area (Å²) in [6.45, 7) is 3.34. The maximum absolute atomic E-state index is 12.5. The molecular weight excluding hydrogens is 312 g/mol. The first-order chi connectivity index (χ1) is 11.1. The van der Waals surface area contributed by atoms with Gasteiger partial charge in [-0.15, -0.1) is 11.8 Å². The van der Waals surface area contributed by atoms with E-state index in [1.165, 1.54) is 0 Å². The van der Waals surface area contributed by atoms with Crippen molar-refractivity contribution in [2.75, 3.05) is 30.9 Å². The number of piperidine rings is 1. The highest BCUT2D eigenvalue weighted by Crippen LogP contribution is 2.46. The van der Waals surface area contributed by atoms with Gasteiger partial charge in [0.25, 0.3) is 0 Å². The van der Waals surface area contributed by atoms with Crippen molar-refractivity contribution in [2.45, 2.75) is 31.1 Å². The van der Waals surface area contributed by atoms with E-state index in [-0.39, 0.29) is 16.7 Å². The molecule has 2 amide bonds. The summed E-state index contributed by atoms with van der Waals surface area (Å²) in [6.07, 6.45) is 2.18. The van der Waals surface area contributed by atoms with Gasteiger partial charge in [0.2, 0.25) is 11.8 Å². The number of anilines is 1. The summed E-state index contributed by atoms with van der Waals surface area (Å²) in [5.74, 6) is 1.64. The van der Waals surface area contributed by atoms with Crippen molar-refractivity contribution in [3.63, 3.8) is 0 Å². The second-order valence-corrected chi connectivity index (χ2v) is 7.23.